The minimum Gasteiger partial charge on any atom is -0.369 e. The zero-order valence-electron chi connectivity index (χ0n) is 7.90. The molecule has 70 valence electrons. The zero-order valence-corrected chi connectivity index (χ0v) is 7.90. The van der Waals surface area contributed by atoms with Crippen LogP contribution in [0.5, 0.6) is 0 Å². The number of nitrogens with zero attached hydrogens (tertiary/aromatic N) is 1. The number of hydrogen-bond donors (Lipinski definition) is 1. The van der Waals surface area contributed by atoms with E-state index in [0.717, 1.165) is 5.69 Å². The molecule has 0 spiro atoms. The number of carbonyl (C=O) groups excluding carboxylic acids is 1. The van der Waals surface area contributed by atoms with Crippen molar-refractivity contribution in [3.63, 3.8) is 0 Å². The molecule has 1 amide bonds. The zero-order chi connectivity index (χ0) is 9.84. The van der Waals surface area contributed by atoms with Crippen molar-refractivity contribution in [3.05, 3.63) is 30.1 Å². The molecule has 0 aromatic carbocycles. The van der Waals surface area contributed by atoms with Crippen molar-refractivity contribution in [3.8, 4) is 0 Å². The Balaban J connectivity index is 2.79. The highest BCUT2D eigenvalue weighted by Gasteiger charge is 2.19. The van der Waals surface area contributed by atoms with Gasteiger partial charge >= 0.3 is 0 Å². The Hall–Kier alpha value is -1.38. The molecule has 1 rings (SSSR count). The fourth-order valence-corrected chi connectivity index (χ4v) is 1.15. The van der Waals surface area contributed by atoms with E-state index in [4.69, 9.17) is 5.73 Å². The van der Waals surface area contributed by atoms with Crippen LogP contribution >= 0.6 is 0 Å². The van der Waals surface area contributed by atoms with Gasteiger partial charge in [-0.2, -0.15) is 0 Å². The number of hydrogen-bond acceptors (Lipinski definition) is 2. The van der Waals surface area contributed by atoms with Gasteiger partial charge in [-0.15, -0.1) is 0 Å². The number of carbonyl (C=O) groups is 1. The molecule has 0 saturated carbocycles. The third-order valence-corrected chi connectivity index (χ3v) is 2.35. The summed E-state index contributed by atoms with van der Waals surface area (Å²) in [5.74, 6) is -0.369. The topological polar surface area (TPSA) is 56.0 Å². The molecule has 0 bridgehead atoms. The Kier molecular flexibility index (Phi) is 3.01. The molecule has 1 heterocycles. The second-order valence-electron chi connectivity index (χ2n) is 3.23. The summed E-state index contributed by atoms with van der Waals surface area (Å²) in [5, 5.41) is 0. The minimum absolute atomic E-state index is 0.0821. The highest BCUT2D eigenvalue weighted by Crippen LogP contribution is 2.21. The van der Waals surface area contributed by atoms with Gasteiger partial charge in [-0.25, -0.2) is 0 Å². The summed E-state index contributed by atoms with van der Waals surface area (Å²) in [6.45, 7) is 3.78. The van der Waals surface area contributed by atoms with Crippen molar-refractivity contribution >= 4 is 5.91 Å². The van der Waals surface area contributed by atoms with Gasteiger partial charge in [-0.05, 0) is 12.1 Å². The number of aromatic nitrogens is 1. The molecule has 3 heteroatoms. The summed E-state index contributed by atoms with van der Waals surface area (Å²) in [7, 11) is 0. The van der Waals surface area contributed by atoms with Crippen LogP contribution in [0.2, 0.25) is 0 Å². The van der Waals surface area contributed by atoms with Crippen molar-refractivity contribution in [2.45, 2.75) is 19.8 Å². The summed E-state index contributed by atoms with van der Waals surface area (Å²) in [6.07, 6.45) is 1.72. The summed E-state index contributed by atoms with van der Waals surface area (Å²) >= 11 is 0. The van der Waals surface area contributed by atoms with Crippen LogP contribution < -0.4 is 5.73 Å². The first-order valence-electron chi connectivity index (χ1n) is 4.33. The maximum absolute atomic E-state index is 10.9. The fourth-order valence-electron chi connectivity index (χ4n) is 1.15. The van der Waals surface area contributed by atoms with Gasteiger partial charge < -0.3 is 5.73 Å². The third-order valence-electron chi connectivity index (χ3n) is 2.35. The van der Waals surface area contributed by atoms with E-state index in [1.54, 1.807) is 6.20 Å². The standard InChI is InChI=1S/C10H14N2O/c1-7(8(2)10(11)13)9-5-3-4-6-12-9/h3-8H,1-2H3,(H2,11,13)/t7-,8?/m0/s1. The van der Waals surface area contributed by atoms with Crippen LogP contribution in [0.4, 0.5) is 0 Å². The van der Waals surface area contributed by atoms with E-state index in [1.165, 1.54) is 0 Å². The smallest absolute Gasteiger partial charge is 0.220 e. The lowest BCUT2D eigenvalue weighted by molar-refractivity contribution is -0.121. The van der Waals surface area contributed by atoms with Crippen molar-refractivity contribution in [1.29, 1.82) is 0 Å². The Bertz CT molecular complexity index is 284. The quantitative estimate of drug-likeness (QED) is 0.758. The van der Waals surface area contributed by atoms with Gasteiger partial charge in [0.1, 0.15) is 0 Å². The summed E-state index contributed by atoms with van der Waals surface area (Å²) < 4.78 is 0. The lowest BCUT2D eigenvalue weighted by Crippen LogP contribution is -2.25. The molecule has 0 aliphatic heterocycles. The Morgan fingerprint density at radius 1 is 1.46 bits per heavy atom. The lowest BCUT2D eigenvalue weighted by Gasteiger charge is -2.15. The molecule has 1 unspecified atom stereocenters. The maximum atomic E-state index is 10.9. The summed E-state index contributed by atoms with van der Waals surface area (Å²) in [4.78, 5) is 15.1. The van der Waals surface area contributed by atoms with Gasteiger partial charge in [0.15, 0.2) is 0 Å². The normalized spacial score (nSPS) is 14.9. The van der Waals surface area contributed by atoms with Crippen LogP contribution in [-0.4, -0.2) is 10.9 Å². The van der Waals surface area contributed by atoms with Crippen molar-refractivity contribution in [2.24, 2.45) is 11.7 Å². The van der Waals surface area contributed by atoms with E-state index in [-0.39, 0.29) is 17.7 Å². The van der Waals surface area contributed by atoms with Gasteiger partial charge in [0.2, 0.25) is 5.91 Å². The molecule has 1 aromatic heterocycles. The molecule has 0 saturated heterocycles. The number of primary amides is 1. The first kappa shape index (κ1) is 9.71. The van der Waals surface area contributed by atoms with Gasteiger partial charge in [0.25, 0.3) is 0 Å². The molecule has 1 aromatic rings. The predicted molar refractivity (Wildman–Crippen MR) is 51.0 cm³/mol. The first-order chi connectivity index (χ1) is 6.13. The number of nitrogens with two attached hydrogens (primary N) is 1. The molecule has 0 fully saturated rings. The van der Waals surface area contributed by atoms with E-state index < -0.39 is 0 Å². The van der Waals surface area contributed by atoms with Crippen molar-refractivity contribution in [2.75, 3.05) is 0 Å². The van der Waals surface area contributed by atoms with Crippen molar-refractivity contribution in [1.82, 2.24) is 4.98 Å². The van der Waals surface area contributed by atoms with E-state index in [1.807, 2.05) is 32.0 Å². The third kappa shape index (κ3) is 2.28. The van der Waals surface area contributed by atoms with Crippen LogP contribution in [0.3, 0.4) is 0 Å². The first-order valence-corrected chi connectivity index (χ1v) is 4.33. The van der Waals surface area contributed by atoms with E-state index in [0.29, 0.717) is 0 Å². The van der Waals surface area contributed by atoms with Gasteiger partial charge in [0, 0.05) is 23.7 Å². The van der Waals surface area contributed by atoms with E-state index in [2.05, 4.69) is 4.98 Å². The average molecular weight is 178 g/mol. The van der Waals surface area contributed by atoms with Crippen molar-refractivity contribution < 1.29 is 4.79 Å². The molecular weight excluding hydrogens is 164 g/mol. The molecule has 0 aliphatic rings. The SMILES string of the molecule is CC(C(N)=O)[C@H](C)c1ccccn1. The molecule has 2 N–H and O–H groups in total. The molecule has 13 heavy (non-hydrogen) atoms. The summed E-state index contributed by atoms with van der Waals surface area (Å²) in [6, 6.07) is 5.67. The average Bonchev–Trinajstić information content (AvgIpc) is 2.17. The Morgan fingerprint density at radius 2 is 2.15 bits per heavy atom. The molecule has 0 radical (unpaired) electrons. The van der Waals surface area contributed by atoms with Crippen LogP contribution in [0, 0.1) is 5.92 Å². The van der Waals surface area contributed by atoms with Gasteiger partial charge in [-0.3, -0.25) is 9.78 Å². The van der Waals surface area contributed by atoms with Crippen LogP contribution in [0.1, 0.15) is 25.5 Å². The van der Waals surface area contributed by atoms with Crippen LogP contribution in [0.15, 0.2) is 24.4 Å². The summed E-state index contributed by atoms with van der Waals surface area (Å²) in [5.41, 5.74) is 6.12. The second kappa shape index (κ2) is 4.03. The molecule has 3 nitrogen and oxygen atoms in total. The van der Waals surface area contributed by atoms with Gasteiger partial charge in [0.05, 0.1) is 0 Å². The minimum atomic E-state index is -0.279. The highest BCUT2D eigenvalue weighted by molar-refractivity contribution is 5.77. The Labute approximate surface area is 78.0 Å². The lowest BCUT2D eigenvalue weighted by atomic mass is 9.92. The molecular formula is C10H14N2O. The molecule has 0 aliphatic carbocycles. The van der Waals surface area contributed by atoms with Crippen LogP contribution in [-0.2, 0) is 4.79 Å². The molecule has 2 atom stereocenters. The number of pyridine rings is 1. The Morgan fingerprint density at radius 3 is 2.62 bits per heavy atom. The van der Waals surface area contributed by atoms with E-state index >= 15 is 0 Å². The maximum Gasteiger partial charge on any atom is 0.220 e. The fraction of sp³-hybridized carbons (Fsp3) is 0.400. The van der Waals surface area contributed by atoms with Gasteiger partial charge in [-0.1, -0.05) is 19.9 Å². The number of amides is 1. The largest absolute Gasteiger partial charge is 0.369 e. The second-order valence-corrected chi connectivity index (χ2v) is 3.23. The number of rotatable bonds is 3. The monoisotopic (exact) mass is 178 g/mol. The highest BCUT2D eigenvalue weighted by atomic mass is 16.1. The predicted octanol–water partition coefficient (Wildman–Crippen LogP) is 1.31. The van der Waals surface area contributed by atoms with Crippen LogP contribution in [0.25, 0.3) is 0 Å². The van der Waals surface area contributed by atoms with E-state index in [9.17, 15) is 4.79 Å².